The number of carbonyl (C=O) groups excluding carboxylic acids is 1. The van der Waals surface area contributed by atoms with E-state index >= 15 is 0 Å². The third kappa shape index (κ3) is 2.79. The van der Waals surface area contributed by atoms with E-state index in [0.29, 0.717) is 11.1 Å². The molecule has 0 spiro atoms. The molecule has 2 aromatic carbocycles. The van der Waals surface area contributed by atoms with Crippen LogP contribution < -0.4 is 10.4 Å². The standard InChI is InChI=1S/C13H14N2O4S/c1-9(16)15(14-2)12-5-3-10-4-6-13(20(17,18)19)8-11(10)7-12/h3-8,14H,1-2H3,(H,17,18,19). The fourth-order valence-corrected chi connectivity index (χ4v) is 2.50. The predicted molar refractivity (Wildman–Crippen MR) is 76.0 cm³/mol. The summed E-state index contributed by atoms with van der Waals surface area (Å²) in [6.45, 7) is 1.41. The monoisotopic (exact) mass is 294 g/mol. The number of benzene rings is 2. The Morgan fingerprint density at radius 1 is 1.15 bits per heavy atom. The highest BCUT2D eigenvalue weighted by atomic mass is 32.2. The lowest BCUT2D eigenvalue weighted by Gasteiger charge is -2.19. The van der Waals surface area contributed by atoms with Gasteiger partial charge in [0.05, 0.1) is 10.6 Å². The van der Waals surface area contributed by atoms with Crippen LogP contribution in [0.15, 0.2) is 41.3 Å². The predicted octanol–water partition coefficient (Wildman–Crippen LogP) is 1.57. The number of nitrogens with one attached hydrogen (secondary N) is 1. The van der Waals surface area contributed by atoms with Gasteiger partial charge in [0.15, 0.2) is 0 Å². The molecular weight excluding hydrogens is 280 g/mol. The molecule has 0 aromatic heterocycles. The average Bonchev–Trinajstić information content (AvgIpc) is 2.37. The molecule has 2 aromatic rings. The zero-order valence-corrected chi connectivity index (χ0v) is 11.8. The van der Waals surface area contributed by atoms with Gasteiger partial charge in [-0.25, -0.2) is 10.4 Å². The van der Waals surface area contributed by atoms with E-state index in [4.69, 9.17) is 4.55 Å². The molecule has 0 atom stereocenters. The van der Waals surface area contributed by atoms with E-state index < -0.39 is 10.1 Å². The van der Waals surface area contributed by atoms with Gasteiger partial charge in [-0.3, -0.25) is 9.35 Å². The number of fused-ring (bicyclic) bond motifs is 1. The molecule has 0 saturated heterocycles. The Morgan fingerprint density at radius 2 is 1.80 bits per heavy atom. The van der Waals surface area contributed by atoms with Crippen LogP contribution in [0.5, 0.6) is 0 Å². The summed E-state index contributed by atoms with van der Waals surface area (Å²) in [5, 5.41) is 2.75. The van der Waals surface area contributed by atoms with Crippen molar-refractivity contribution in [3.63, 3.8) is 0 Å². The van der Waals surface area contributed by atoms with Gasteiger partial charge in [-0.15, -0.1) is 0 Å². The Bertz CT molecular complexity index is 771. The Morgan fingerprint density at radius 3 is 2.35 bits per heavy atom. The second-order valence-electron chi connectivity index (χ2n) is 4.25. The van der Waals surface area contributed by atoms with Crippen LogP contribution in [0, 0.1) is 0 Å². The third-order valence-electron chi connectivity index (χ3n) is 2.89. The van der Waals surface area contributed by atoms with E-state index in [-0.39, 0.29) is 10.8 Å². The van der Waals surface area contributed by atoms with Crippen LogP contribution in [0.25, 0.3) is 10.8 Å². The summed E-state index contributed by atoms with van der Waals surface area (Å²) in [6, 6.07) is 9.47. The van der Waals surface area contributed by atoms with Gasteiger partial charge in [0, 0.05) is 14.0 Å². The summed E-state index contributed by atoms with van der Waals surface area (Å²) in [5.74, 6) is -0.196. The van der Waals surface area contributed by atoms with Crippen molar-refractivity contribution in [3.8, 4) is 0 Å². The summed E-state index contributed by atoms with van der Waals surface area (Å²) < 4.78 is 31.3. The molecule has 20 heavy (non-hydrogen) atoms. The van der Waals surface area contributed by atoms with Crippen LogP contribution in [0.3, 0.4) is 0 Å². The first kappa shape index (κ1) is 14.4. The maximum Gasteiger partial charge on any atom is 0.294 e. The minimum atomic E-state index is -4.25. The fourth-order valence-electron chi connectivity index (χ4n) is 1.98. The second-order valence-corrected chi connectivity index (χ2v) is 5.67. The first-order chi connectivity index (χ1) is 9.32. The van der Waals surface area contributed by atoms with Gasteiger partial charge in [-0.2, -0.15) is 8.42 Å². The van der Waals surface area contributed by atoms with Gasteiger partial charge < -0.3 is 0 Å². The van der Waals surface area contributed by atoms with Crippen molar-refractivity contribution in [1.29, 1.82) is 0 Å². The Balaban J connectivity index is 2.60. The number of anilines is 1. The van der Waals surface area contributed by atoms with Crippen LogP contribution in [-0.2, 0) is 14.9 Å². The number of nitrogens with zero attached hydrogens (tertiary/aromatic N) is 1. The quantitative estimate of drug-likeness (QED) is 0.663. The molecule has 7 heteroatoms. The van der Waals surface area contributed by atoms with Crippen molar-refractivity contribution >= 4 is 32.5 Å². The molecule has 0 heterocycles. The lowest BCUT2D eigenvalue weighted by Crippen LogP contribution is -2.38. The molecule has 0 aliphatic heterocycles. The number of hydrogen-bond acceptors (Lipinski definition) is 4. The van der Waals surface area contributed by atoms with E-state index in [1.807, 2.05) is 0 Å². The van der Waals surface area contributed by atoms with Crippen molar-refractivity contribution in [2.75, 3.05) is 12.1 Å². The van der Waals surface area contributed by atoms with Crippen LogP contribution in [0.2, 0.25) is 0 Å². The summed E-state index contributed by atoms with van der Waals surface area (Å²) in [6.07, 6.45) is 0. The zero-order valence-electron chi connectivity index (χ0n) is 11.0. The van der Waals surface area contributed by atoms with Crippen molar-refractivity contribution in [2.45, 2.75) is 11.8 Å². The summed E-state index contributed by atoms with van der Waals surface area (Å²) in [4.78, 5) is 11.3. The second kappa shape index (κ2) is 5.20. The van der Waals surface area contributed by atoms with Gasteiger partial charge in [-0.1, -0.05) is 12.1 Å². The van der Waals surface area contributed by atoms with Crippen LogP contribution in [-0.4, -0.2) is 25.9 Å². The molecule has 0 radical (unpaired) electrons. The molecule has 6 nitrogen and oxygen atoms in total. The van der Waals surface area contributed by atoms with E-state index in [9.17, 15) is 13.2 Å². The molecule has 1 amide bonds. The van der Waals surface area contributed by atoms with E-state index in [0.717, 1.165) is 5.39 Å². The number of hydrogen-bond donors (Lipinski definition) is 2. The highest BCUT2D eigenvalue weighted by Gasteiger charge is 2.12. The molecule has 0 bridgehead atoms. The van der Waals surface area contributed by atoms with E-state index in [2.05, 4.69) is 5.43 Å². The first-order valence-corrected chi connectivity index (χ1v) is 7.26. The Labute approximate surface area is 116 Å². The number of carbonyl (C=O) groups is 1. The normalized spacial score (nSPS) is 11.6. The molecule has 2 N–H and O–H groups in total. The van der Waals surface area contributed by atoms with Crippen molar-refractivity contribution in [2.24, 2.45) is 0 Å². The third-order valence-corrected chi connectivity index (χ3v) is 3.74. The number of rotatable bonds is 3. The van der Waals surface area contributed by atoms with Gasteiger partial charge in [0.1, 0.15) is 0 Å². The molecule has 106 valence electrons. The van der Waals surface area contributed by atoms with E-state index in [1.165, 1.54) is 24.1 Å². The zero-order chi connectivity index (χ0) is 14.9. The van der Waals surface area contributed by atoms with Crippen LogP contribution in [0.4, 0.5) is 5.69 Å². The SMILES string of the molecule is CNN(C(C)=O)c1ccc2ccc(S(=O)(=O)O)cc2c1. The molecule has 2 rings (SSSR count). The smallest absolute Gasteiger partial charge is 0.282 e. The average molecular weight is 294 g/mol. The lowest BCUT2D eigenvalue weighted by atomic mass is 10.1. The Kier molecular flexibility index (Phi) is 3.76. The number of hydrazine groups is 1. The summed E-state index contributed by atoms with van der Waals surface area (Å²) in [5.41, 5.74) is 3.33. The van der Waals surface area contributed by atoms with Crippen molar-refractivity contribution in [1.82, 2.24) is 5.43 Å². The minimum absolute atomic E-state index is 0.180. The number of amides is 1. The molecular formula is C13H14N2O4S. The lowest BCUT2D eigenvalue weighted by molar-refractivity contribution is -0.117. The van der Waals surface area contributed by atoms with Gasteiger partial charge in [-0.05, 0) is 35.0 Å². The summed E-state index contributed by atoms with van der Waals surface area (Å²) >= 11 is 0. The van der Waals surface area contributed by atoms with Gasteiger partial charge in [0.25, 0.3) is 10.1 Å². The topological polar surface area (TPSA) is 86.7 Å². The minimum Gasteiger partial charge on any atom is -0.282 e. The largest absolute Gasteiger partial charge is 0.294 e. The molecule has 0 aliphatic rings. The van der Waals surface area contributed by atoms with Crippen molar-refractivity contribution in [3.05, 3.63) is 36.4 Å². The summed E-state index contributed by atoms with van der Waals surface area (Å²) in [7, 11) is -2.63. The Hall–Kier alpha value is -1.96. The molecule has 0 fully saturated rings. The molecule has 0 saturated carbocycles. The maximum absolute atomic E-state index is 11.5. The van der Waals surface area contributed by atoms with E-state index in [1.54, 1.807) is 31.3 Å². The van der Waals surface area contributed by atoms with Crippen LogP contribution in [0.1, 0.15) is 6.92 Å². The first-order valence-electron chi connectivity index (χ1n) is 5.82. The van der Waals surface area contributed by atoms with Crippen LogP contribution >= 0.6 is 0 Å². The highest BCUT2D eigenvalue weighted by molar-refractivity contribution is 7.85. The van der Waals surface area contributed by atoms with Gasteiger partial charge in [0.2, 0.25) is 5.91 Å². The van der Waals surface area contributed by atoms with Crippen molar-refractivity contribution < 1.29 is 17.8 Å². The molecule has 0 unspecified atom stereocenters. The highest BCUT2D eigenvalue weighted by Crippen LogP contribution is 2.24. The van der Waals surface area contributed by atoms with Gasteiger partial charge >= 0.3 is 0 Å². The fraction of sp³-hybridized carbons (Fsp3) is 0.154. The molecule has 0 aliphatic carbocycles. The maximum atomic E-state index is 11.5.